The van der Waals surface area contributed by atoms with Crippen LogP contribution in [0, 0.1) is 6.42 Å². The predicted molar refractivity (Wildman–Crippen MR) is 27.0 cm³/mol. The molecule has 0 aliphatic heterocycles. The zero-order valence-electron chi connectivity index (χ0n) is 3.56. The molecule has 0 rings (SSSR count). The second-order valence-corrected chi connectivity index (χ2v) is 1.78. The van der Waals surface area contributed by atoms with Gasteiger partial charge in [-0.05, 0) is 6.42 Å². The molecule has 0 saturated carbocycles. The van der Waals surface area contributed by atoms with Gasteiger partial charge in [-0.2, -0.15) is 0 Å². The van der Waals surface area contributed by atoms with Crippen molar-refractivity contribution >= 4 is 12.6 Å². The van der Waals surface area contributed by atoms with Crippen LogP contribution in [0.5, 0.6) is 0 Å². The third-order valence-electron chi connectivity index (χ3n) is 0.469. The topological polar surface area (TPSA) is 0 Å². The lowest BCUT2D eigenvalue weighted by atomic mass is 10.4. The Balaban J connectivity index is 2.54. The van der Waals surface area contributed by atoms with Crippen molar-refractivity contribution in [3.05, 3.63) is 6.42 Å². The van der Waals surface area contributed by atoms with Gasteiger partial charge in [-0.3, -0.25) is 0 Å². The molecule has 0 aromatic heterocycles. The van der Waals surface area contributed by atoms with Crippen molar-refractivity contribution in [3.63, 3.8) is 0 Å². The van der Waals surface area contributed by atoms with E-state index in [1.807, 2.05) is 20.3 Å². The summed E-state index contributed by atoms with van der Waals surface area (Å²) in [6.07, 6.45) is 1.98. The first kappa shape index (κ1) is 5.35. The number of hydrogen-bond donors (Lipinski definition) is 0. The van der Waals surface area contributed by atoms with Crippen LogP contribution < -0.4 is 0 Å². The van der Waals surface area contributed by atoms with Crippen LogP contribution in [0.4, 0.5) is 0 Å². The normalized spacial score (nSPS) is 15.0. The van der Waals surface area contributed by atoms with Crippen LogP contribution in [0.25, 0.3) is 0 Å². The lowest BCUT2D eigenvalue weighted by molar-refractivity contribution is 1.13. The summed E-state index contributed by atoms with van der Waals surface area (Å²) in [5.74, 6) is 0. The van der Waals surface area contributed by atoms with Crippen LogP contribution in [0.2, 0.25) is 0 Å². The highest BCUT2D eigenvalue weighted by atomic mass is 32.1. The summed E-state index contributed by atoms with van der Waals surface area (Å²) in [5.41, 5.74) is 0. The van der Waals surface area contributed by atoms with Crippen LogP contribution >= 0.6 is 12.6 Å². The monoisotopic (exact) mass is 88.0 g/mol. The van der Waals surface area contributed by atoms with E-state index in [2.05, 4.69) is 0 Å². The fourth-order valence-electron chi connectivity index (χ4n) is 0. The van der Waals surface area contributed by atoms with Crippen molar-refractivity contribution in [1.29, 1.82) is 0 Å². The van der Waals surface area contributed by atoms with Crippen molar-refractivity contribution in [1.82, 2.24) is 0 Å². The first-order valence-corrected chi connectivity index (χ1v) is 2.20. The van der Waals surface area contributed by atoms with Crippen LogP contribution in [0.15, 0.2) is 0 Å². The molecule has 30 valence electrons. The Labute approximate surface area is 39.0 Å². The van der Waals surface area contributed by atoms with E-state index in [-0.39, 0.29) is 0 Å². The van der Waals surface area contributed by atoms with Gasteiger partial charge in [-0.1, -0.05) is 26.5 Å². The lowest BCUT2D eigenvalue weighted by Crippen LogP contribution is -1.83. The fraction of sp³-hybridized carbons (Fsp3) is 0.750. The smallest absolute Gasteiger partial charge is 0.0151 e. The average molecular weight is 88.2 g/mol. The SMILES string of the molecule is C[CH]C(C)[S]. The summed E-state index contributed by atoms with van der Waals surface area (Å²) in [7, 11) is 0. The summed E-state index contributed by atoms with van der Waals surface area (Å²) in [6, 6.07) is 0. The van der Waals surface area contributed by atoms with E-state index >= 15 is 0 Å². The van der Waals surface area contributed by atoms with E-state index in [0.717, 1.165) is 0 Å². The second-order valence-electron chi connectivity index (χ2n) is 1.04. The first-order chi connectivity index (χ1) is 2.27. The van der Waals surface area contributed by atoms with Gasteiger partial charge < -0.3 is 0 Å². The predicted octanol–water partition coefficient (Wildman–Crippen LogP) is 1.80. The minimum absolute atomic E-state index is 0.343. The molecule has 0 aromatic rings. The van der Waals surface area contributed by atoms with Gasteiger partial charge in [-0.25, -0.2) is 0 Å². The Kier molecular flexibility index (Phi) is 2.76. The third kappa shape index (κ3) is 4.35. The Morgan fingerprint density at radius 1 is 1.80 bits per heavy atom. The standard InChI is InChI=1S/C4H8S/c1-3-4(2)5/h3-4H,1-2H3. The molecule has 0 nitrogen and oxygen atoms in total. The van der Waals surface area contributed by atoms with Crippen molar-refractivity contribution in [3.8, 4) is 0 Å². The van der Waals surface area contributed by atoms with Crippen molar-refractivity contribution in [2.45, 2.75) is 19.1 Å². The van der Waals surface area contributed by atoms with E-state index in [4.69, 9.17) is 12.6 Å². The van der Waals surface area contributed by atoms with Crippen molar-refractivity contribution < 1.29 is 0 Å². The highest BCUT2D eigenvalue weighted by Crippen LogP contribution is 1.92. The van der Waals surface area contributed by atoms with Crippen LogP contribution in [-0.4, -0.2) is 5.25 Å². The first-order valence-electron chi connectivity index (χ1n) is 1.72. The van der Waals surface area contributed by atoms with E-state index in [9.17, 15) is 0 Å². The summed E-state index contributed by atoms with van der Waals surface area (Å²) >= 11 is 4.72. The van der Waals surface area contributed by atoms with Gasteiger partial charge in [0.2, 0.25) is 0 Å². The molecule has 0 aliphatic rings. The lowest BCUT2D eigenvalue weighted by Gasteiger charge is -1.87. The Hall–Kier alpha value is 0.350. The van der Waals surface area contributed by atoms with Crippen molar-refractivity contribution in [2.75, 3.05) is 0 Å². The molecule has 1 heteroatoms. The molecule has 1 unspecified atom stereocenters. The van der Waals surface area contributed by atoms with Crippen LogP contribution in [0.1, 0.15) is 13.8 Å². The van der Waals surface area contributed by atoms with Gasteiger partial charge in [0.15, 0.2) is 0 Å². The minimum atomic E-state index is 0.343. The maximum Gasteiger partial charge on any atom is 0.0151 e. The molecule has 0 N–H and O–H groups in total. The molecular weight excluding hydrogens is 80.1 g/mol. The highest BCUT2D eigenvalue weighted by Gasteiger charge is 1.83. The summed E-state index contributed by atoms with van der Waals surface area (Å²) in [6.45, 7) is 3.95. The molecule has 0 aliphatic carbocycles. The maximum atomic E-state index is 4.72. The molecule has 0 aromatic carbocycles. The molecule has 0 heterocycles. The van der Waals surface area contributed by atoms with Gasteiger partial charge in [0.05, 0.1) is 0 Å². The van der Waals surface area contributed by atoms with Crippen LogP contribution in [0.3, 0.4) is 0 Å². The minimum Gasteiger partial charge on any atom is -0.0904 e. The van der Waals surface area contributed by atoms with Crippen molar-refractivity contribution in [2.24, 2.45) is 0 Å². The number of rotatable bonds is 1. The number of hydrogen-bond acceptors (Lipinski definition) is 0. The van der Waals surface area contributed by atoms with Gasteiger partial charge in [0.25, 0.3) is 0 Å². The molecular formula is C4H8S. The molecule has 2 radical (unpaired) electrons. The van der Waals surface area contributed by atoms with E-state index < -0.39 is 0 Å². The highest BCUT2D eigenvalue weighted by molar-refractivity contribution is 7.81. The molecule has 0 spiro atoms. The Morgan fingerprint density at radius 3 is 2.00 bits per heavy atom. The quantitative estimate of drug-likeness (QED) is 0.458. The average Bonchev–Trinajstić information content (AvgIpc) is 1.38. The Morgan fingerprint density at radius 2 is 2.00 bits per heavy atom. The van der Waals surface area contributed by atoms with E-state index in [1.54, 1.807) is 0 Å². The molecule has 0 fully saturated rings. The fourth-order valence-corrected chi connectivity index (χ4v) is 0. The van der Waals surface area contributed by atoms with Gasteiger partial charge in [-0.15, -0.1) is 0 Å². The van der Waals surface area contributed by atoms with Gasteiger partial charge in [0, 0.05) is 5.25 Å². The van der Waals surface area contributed by atoms with Gasteiger partial charge in [0.1, 0.15) is 0 Å². The third-order valence-corrected chi connectivity index (χ3v) is 0.742. The summed E-state index contributed by atoms with van der Waals surface area (Å²) in [4.78, 5) is 0. The zero-order chi connectivity index (χ0) is 4.28. The Bertz CT molecular complexity index is 17.6. The molecule has 5 heavy (non-hydrogen) atoms. The zero-order valence-corrected chi connectivity index (χ0v) is 4.38. The van der Waals surface area contributed by atoms with Gasteiger partial charge >= 0.3 is 0 Å². The molecule has 0 bridgehead atoms. The van der Waals surface area contributed by atoms with E-state index in [0.29, 0.717) is 5.25 Å². The molecule has 1 atom stereocenters. The largest absolute Gasteiger partial charge is 0.0904 e. The van der Waals surface area contributed by atoms with Crippen LogP contribution in [-0.2, 0) is 0 Å². The second kappa shape index (κ2) is 2.58. The maximum absolute atomic E-state index is 4.72. The molecule has 0 saturated heterocycles. The summed E-state index contributed by atoms with van der Waals surface area (Å²) in [5, 5.41) is 0.343. The van der Waals surface area contributed by atoms with E-state index in [1.165, 1.54) is 0 Å². The summed E-state index contributed by atoms with van der Waals surface area (Å²) < 4.78 is 0. The molecule has 0 amide bonds.